The average Bonchev–Trinajstić information content (AvgIpc) is 3.28. The third kappa shape index (κ3) is 14.6. The molecule has 0 bridgehead atoms. The summed E-state index contributed by atoms with van der Waals surface area (Å²) in [6.45, 7) is 5.00. The van der Waals surface area contributed by atoms with Gasteiger partial charge in [-0.1, -0.05) is 0 Å². The number of methoxy groups -OCH3 is 1. The van der Waals surface area contributed by atoms with Crippen LogP contribution in [0.1, 0.15) is 59.8 Å². The van der Waals surface area contributed by atoms with Crippen molar-refractivity contribution in [2.45, 2.75) is 109 Å². The third-order valence-corrected chi connectivity index (χ3v) is 8.76. The summed E-state index contributed by atoms with van der Waals surface area (Å²) >= 11 is 0. The molecule has 280 valence electrons. The van der Waals surface area contributed by atoms with E-state index in [0.29, 0.717) is 32.2 Å². The van der Waals surface area contributed by atoms with Crippen LogP contribution in [0.4, 0.5) is 0 Å². The topological polar surface area (TPSA) is 230 Å². The summed E-state index contributed by atoms with van der Waals surface area (Å²) in [6, 6.07) is -1.35. The molecule has 0 aromatic rings. The van der Waals surface area contributed by atoms with Gasteiger partial charge in [-0.15, -0.1) is 0 Å². The molecule has 2 aliphatic heterocycles. The van der Waals surface area contributed by atoms with Gasteiger partial charge < -0.3 is 48.7 Å². The molecule has 0 aromatic carbocycles. The van der Waals surface area contributed by atoms with Gasteiger partial charge in [0.2, 0.25) is 11.8 Å². The Morgan fingerprint density at radius 2 is 1.51 bits per heavy atom. The number of carbonyl (C=O) groups is 5. The van der Waals surface area contributed by atoms with E-state index in [-0.39, 0.29) is 44.1 Å². The molecular weight excluding hydrogens is 674 g/mol. The van der Waals surface area contributed by atoms with Crippen LogP contribution in [-0.4, -0.2) is 132 Å². The lowest BCUT2D eigenvalue weighted by atomic mass is 9.82. The van der Waals surface area contributed by atoms with Gasteiger partial charge >= 0.3 is 25.7 Å². The molecule has 0 aliphatic carbocycles. The number of amides is 2. The molecule has 10 atom stereocenters. The van der Waals surface area contributed by atoms with Gasteiger partial charge in [-0.25, -0.2) is 4.57 Å². The van der Waals surface area contributed by atoms with E-state index in [4.69, 9.17) is 37.7 Å². The van der Waals surface area contributed by atoms with Gasteiger partial charge in [0.1, 0.15) is 38.8 Å². The van der Waals surface area contributed by atoms with E-state index in [1.807, 2.05) is 7.85 Å². The summed E-state index contributed by atoms with van der Waals surface area (Å²) in [7, 11) is 0.159. The molecule has 2 amide bonds. The van der Waals surface area contributed by atoms with Crippen LogP contribution < -0.4 is 10.6 Å². The number of phosphoric ester groups is 1. The number of nitrogens with one attached hydrogen (secondary N) is 2. The molecule has 2 fully saturated rings. The smallest absolute Gasteiger partial charge is 0.463 e. The number of unbranched alkanes of at least 4 members (excludes halogenated alkanes) is 1. The maximum absolute atomic E-state index is 12.5. The van der Waals surface area contributed by atoms with Crippen molar-refractivity contribution in [1.29, 1.82) is 0 Å². The zero-order valence-electron chi connectivity index (χ0n) is 29.1. The fourth-order valence-corrected chi connectivity index (χ4v) is 6.40. The minimum absolute atomic E-state index is 0.0825. The molecule has 2 aliphatic rings. The maximum Gasteiger partial charge on any atom is 0.472 e. The number of hydrogen-bond acceptors (Lipinski definition) is 15. The van der Waals surface area contributed by atoms with Crippen molar-refractivity contribution in [3.05, 3.63) is 0 Å². The van der Waals surface area contributed by atoms with Crippen LogP contribution in [-0.2, 0) is 70.7 Å². The molecule has 0 saturated carbocycles. The van der Waals surface area contributed by atoms with Crippen molar-refractivity contribution >= 4 is 45.4 Å². The second-order valence-electron chi connectivity index (χ2n) is 11.8. The summed E-state index contributed by atoms with van der Waals surface area (Å²) in [4.78, 5) is 69.8. The Kier molecular flexibility index (Phi) is 18.1. The van der Waals surface area contributed by atoms with E-state index in [1.54, 1.807) is 0 Å². The lowest BCUT2D eigenvalue weighted by Gasteiger charge is -2.44. The van der Waals surface area contributed by atoms with E-state index < -0.39 is 74.5 Å². The average molecular weight is 725 g/mol. The monoisotopic (exact) mass is 724 g/mol. The molecule has 0 radical (unpaired) electrons. The van der Waals surface area contributed by atoms with Crippen molar-refractivity contribution in [3.8, 4) is 0 Å². The molecule has 3 N–H and O–H groups in total. The molecule has 2 heterocycles. The van der Waals surface area contributed by atoms with Crippen molar-refractivity contribution < 1.29 is 75.6 Å². The number of rotatable bonds is 20. The van der Waals surface area contributed by atoms with Crippen LogP contribution in [0.5, 0.6) is 0 Å². The first-order valence-corrected chi connectivity index (χ1v) is 17.6. The Balaban J connectivity index is 1.90. The van der Waals surface area contributed by atoms with Gasteiger partial charge in [0, 0.05) is 73.4 Å². The zero-order valence-corrected chi connectivity index (χ0v) is 30.0. The second kappa shape index (κ2) is 20.9. The summed E-state index contributed by atoms with van der Waals surface area (Å²) in [5, 5.41) is 5.48. The van der Waals surface area contributed by atoms with E-state index in [9.17, 15) is 33.4 Å². The molecule has 2 unspecified atom stereocenters. The highest BCUT2D eigenvalue weighted by atomic mass is 31.2. The summed E-state index contributed by atoms with van der Waals surface area (Å²) in [6.07, 6.45) is -3.85. The zero-order chi connectivity index (χ0) is 36.7. The van der Waals surface area contributed by atoms with Crippen LogP contribution in [0.3, 0.4) is 0 Å². The number of esters is 3. The fraction of sp³-hybridized carbons (Fsp3) is 0.828. The van der Waals surface area contributed by atoms with Crippen LogP contribution in [0, 0.1) is 5.92 Å². The highest BCUT2D eigenvalue weighted by molar-refractivity contribution is 7.47. The van der Waals surface area contributed by atoms with Crippen molar-refractivity contribution in [2.24, 2.45) is 5.92 Å². The first-order valence-electron chi connectivity index (χ1n) is 16.1. The first kappa shape index (κ1) is 42.5. The van der Waals surface area contributed by atoms with E-state index in [0.717, 1.165) is 21.0 Å². The molecule has 18 nitrogen and oxygen atoms in total. The lowest BCUT2D eigenvalue weighted by molar-refractivity contribution is -0.277. The van der Waals surface area contributed by atoms with Crippen LogP contribution >= 0.6 is 7.82 Å². The van der Waals surface area contributed by atoms with Crippen molar-refractivity contribution in [2.75, 3.05) is 40.6 Å². The van der Waals surface area contributed by atoms with Gasteiger partial charge in [0.05, 0.1) is 6.61 Å². The highest BCUT2D eigenvalue weighted by Gasteiger charge is 2.51. The van der Waals surface area contributed by atoms with Crippen LogP contribution in [0.25, 0.3) is 0 Å². The van der Waals surface area contributed by atoms with Gasteiger partial charge in [-0.2, -0.15) is 0 Å². The molecule has 0 aromatic heterocycles. The molecule has 49 heavy (non-hydrogen) atoms. The predicted molar refractivity (Wildman–Crippen MR) is 170 cm³/mol. The van der Waals surface area contributed by atoms with Gasteiger partial charge in [0.15, 0.2) is 18.5 Å². The second-order valence-corrected chi connectivity index (χ2v) is 13.3. The van der Waals surface area contributed by atoms with Crippen molar-refractivity contribution in [1.82, 2.24) is 10.6 Å². The fourth-order valence-electron chi connectivity index (χ4n) is 5.71. The Hall–Kier alpha value is -2.64. The summed E-state index contributed by atoms with van der Waals surface area (Å²) < 4.78 is 60.9. The Labute approximate surface area is 286 Å². The maximum atomic E-state index is 12.5. The number of hydrogen-bond donors (Lipinski definition) is 3. The Bertz CT molecular complexity index is 1160. The number of phosphoric acid groups is 1. The van der Waals surface area contributed by atoms with E-state index in [1.165, 1.54) is 21.0 Å². The predicted octanol–water partition coefficient (Wildman–Crippen LogP) is -0.522. The van der Waals surface area contributed by atoms with Crippen LogP contribution in [0.15, 0.2) is 0 Å². The molecule has 0 spiro atoms. The molecule has 20 heteroatoms. The summed E-state index contributed by atoms with van der Waals surface area (Å²) in [5.74, 6) is -2.96. The minimum Gasteiger partial charge on any atom is -0.463 e. The molecule has 2 saturated heterocycles. The van der Waals surface area contributed by atoms with Crippen LogP contribution in [0.2, 0.25) is 0 Å². The molecule has 2 rings (SSSR count). The third-order valence-electron chi connectivity index (χ3n) is 7.79. The summed E-state index contributed by atoms with van der Waals surface area (Å²) in [5.41, 5.74) is 0. The van der Waals surface area contributed by atoms with Gasteiger partial charge in [-0.05, 0) is 25.7 Å². The standard InChI is InChI=1S/C29H50BN2O16P/c1-16(33)32-24-27(45-19(4)36)26(44-18(3)35)22(15-43-17(2)34)47-29(24)42-13-8-7-11-23(37)31-12-9-10-20-25(48-49(38,39)41-6)21(14-40-5)46-28(20)30/h20-22,24-29H,7-15,30H2,1-6H3,(H,31,37)(H,32,33)(H,38,39)/t20?,21-,22-,24-,25-,26+,27-,28-,29-/m1/s1. The highest BCUT2D eigenvalue weighted by Crippen LogP contribution is 2.48. The molecular formula is C29H50BN2O16P. The normalized spacial score (nSPS) is 29.3. The van der Waals surface area contributed by atoms with E-state index in [2.05, 4.69) is 15.2 Å². The van der Waals surface area contributed by atoms with Gasteiger partial charge in [-0.3, -0.25) is 33.0 Å². The van der Waals surface area contributed by atoms with E-state index >= 15 is 0 Å². The number of carbonyl (C=O) groups excluding carboxylic acids is 5. The van der Waals surface area contributed by atoms with Crippen molar-refractivity contribution in [3.63, 3.8) is 0 Å². The van der Waals surface area contributed by atoms with Gasteiger partial charge in [0.25, 0.3) is 0 Å². The Morgan fingerprint density at radius 1 is 0.857 bits per heavy atom. The SMILES string of the molecule is B[C@@H]1O[C@H](COC)[C@H](OP(=O)(O)OC)C1CCCNC(=O)CCCCO[C@@H]1O[C@H](COC(C)=O)[C@H](OC(C)=O)[C@H](OC(C)=O)[C@H]1NC(C)=O. The largest absolute Gasteiger partial charge is 0.472 e. The minimum atomic E-state index is -4.26. The first-order chi connectivity index (χ1) is 23.1. The quantitative estimate of drug-likeness (QED) is 0.0472. The number of ether oxygens (including phenoxy) is 7. The lowest BCUT2D eigenvalue weighted by Crippen LogP contribution is -2.66. The Morgan fingerprint density at radius 3 is 2.10 bits per heavy atom.